The molecule has 6 heteroatoms. The molecule has 0 aliphatic heterocycles. The van der Waals surface area contributed by atoms with Crippen LogP contribution in [0, 0.1) is 5.41 Å². The first-order valence-electron chi connectivity index (χ1n) is 5.86. The third-order valence-corrected chi connectivity index (χ3v) is 4.89. The van der Waals surface area contributed by atoms with Gasteiger partial charge in [-0.05, 0) is 51.0 Å². The maximum absolute atomic E-state index is 8.05. The summed E-state index contributed by atoms with van der Waals surface area (Å²) < 4.78 is 1.80. The molecule has 3 rings (SSSR count). The van der Waals surface area contributed by atoms with E-state index in [1.54, 1.807) is 4.57 Å². The number of benzene rings is 2. The van der Waals surface area contributed by atoms with Crippen molar-refractivity contribution in [2.24, 2.45) is 4.99 Å². The number of hydrogen-bond donors (Lipinski definition) is 1. The average molecular weight is 320 g/mol. The van der Waals surface area contributed by atoms with Gasteiger partial charge in [0.05, 0.1) is 11.4 Å². The Morgan fingerprint density at radius 2 is 1.80 bits per heavy atom. The first kappa shape index (κ1) is 13.3. The zero-order chi connectivity index (χ0) is 13.9. The second kappa shape index (κ2) is 5.75. The summed E-state index contributed by atoms with van der Waals surface area (Å²) in [5.74, 6) is 0. The topological polar surface area (TPSA) is 41.1 Å². The number of nitrogens with one attached hydrogen (secondary N) is 1. The molecule has 0 spiro atoms. The standard InChI is InChI=1S/C14H10ClN3S2/c15-10-5-4-8-12(9-10)18-13(16)19-20-14(18)17-11-6-2-1-3-7-11/h1-9,16H. The number of nitrogens with zero attached hydrogens (tertiary/aromatic N) is 2. The van der Waals surface area contributed by atoms with Crippen molar-refractivity contribution in [1.82, 2.24) is 4.57 Å². The summed E-state index contributed by atoms with van der Waals surface area (Å²) in [6.07, 6.45) is 0. The van der Waals surface area contributed by atoms with Crippen LogP contribution < -0.4 is 9.60 Å². The zero-order valence-corrected chi connectivity index (χ0v) is 12.7. The molecule has 0 amide bonds. The third-order valence-electron chi connectivity index (χ3n) is 2.64. The molecule has 2 aromatic carbocycles. The van der Waals surface area contributed by atoms with E-state index < -0.39 is 0 Å². The maximum atomic E-state index is 8.05. The quantitative estimate of drug-likeness (QED) is 0.695. The minimum absolute atomic E-state index is 0.437. The fourth-order valence-electron chi connectivity index (χ4n) is 1.76. The van der Waals surface area contributed by atoms with Crippen molar-refractivity contribution in [2.75, 3.05) is 0 Å². The van der Waals surface area contributed by atoms with E-state index in [1.807, 2.05) is 54.6 Å². The van der Waals surface area contributed by atoms with Crippen molar-refractivity contribution in [2.45, 2.75) is 0 Å². The molecule has 0 atom stereocenters. The maximum Gasteiger partial charge on any atom is 0.206 e. The SMILES string of the molecule is N=c1ssc(=Nc2ccccc2)n1-c1cccc(Cl)c1. The van der Waals surface area contributed by atoms with Gasteiger partial charge in [-0.25, -0.2) is 4.99 Å². The van der Waals surface area contributed by atoms with Gasteiger partial charge in [-0.3, -0.25) is 9.98 Å². The average Bonchev–Trinajstić information content (AvgIpc) is 2.81. The lowest BCUT2D eigenvalue weighted by atomic mass is 10.3. The molecular weight excluding hydrogens is 310 g/mol. The highest BCUT2D eigenvalue weighted by Crippen LogP contribution is 2.14. The Labute approximate surface area is 128 Å². The molecule has 0 radical (unpaired) electrons. The molecule has 0 saturated heterocycles. The summed E-state index contributed by atoms with van der Waals surface area (Å²) in [7, 11) is 2.86. The number of hydrogen-bond acceptors (Lipinski definition) is 4. The fourth-order valence-corrected chi connectivity index (χ4v) is 3.86. The van der Waals surface area contributed by atoms with Gasteiger partial charge in [0.15, 0.2) is 4.80 Å². The molecule has 0 fully saturated rings. The molecule has 0 aliphatic rings. The lowest BCUT2D eigenvalue weighted by Crippen LogP contribution is -2.22. The second-order valence-corrected chi connectivity index (χ2v) is 6.54. The minimum Gasteiger partial charge on any atom is -0.274 e. The largest absolute Gasteiger partial charge is 0.274 e. The van der Waals surface area contributed by atoms with Crippen molar-refractivity contribution in [3.8, 4) is 5.69 Å². The predicted octanol–water partition coefficient (Wildman–Crippen LogP) is 3.97. The van der Waals surface area contributed by atoms with E-state index in [2.05, 4.69) is 4.99 Å². The Bertz CT molecular complexity index is 846. The molecule has 1 heterocycles. The second-order valence-electron chi connectivity index (χ2n) is 4.02. The molecule has 3 aromatic rings. The molecule has 100 valence electrons. The Morgan fingerprint density at radius 3 is 2.55 bits per heavy atom. The van der Waals surface area contributed by atoms with E-state index in [0.717, 1.165) is 16.2 Å². The van der Waals surface area contributed by atoms with Crippen LogP contribution in [-0.4, -0.2) is 4.57 Å². The Morgan fingerprint density at radius 1 is 1.00 bits per heavy atom. The van der Waals surface area contributed by atoms with Crippen LogP contribution in [0.1, 0.15) is 0 Å². The summed E-state index contributed by atoms with van der Waals surface area (Å²) in [6.45, 7) is 0. The molecule has 0 unspecified atom stereocenters. The van der Waals surface area contributed by atoms with E-state index in [9.17, 15) is 0 Å². The number of rotatable bonds is 2. The van der Waals surface area contributed by atoms with Crippen LogP contribution in [0.2, 0.25) is 5.02 Å². The van der Waals surface area contributed by atoms with Crippen LogP contribution >= 0.6 is 32.3 Å². The third kappa shape index (κ3) is 2.75. The normalized spacial score (nSPS) is 11.8. The summed E-state index contributed by atoms with van der Waals surface area (Å²) in [5, 5.41) is 8.70. The van der Waals surface area contributed by atoms with Crippen molar-refractivity contribution >= 4 is 38.0 Å². The minimum atomic E-state index is 0.437. The van der Waals surface area contributed by atoms with Gasteiger partial charge in [0, 0.05) is 5.02 Å². The first-order valence-corrected chi connectivity index (χ1v) is 8.39. The molecule has 3 nitrogen and oxygen atoms in total. The highest BCUT2D eigenvalue weighted by Gasteiger charge is 2.04. The summed E-state index contributed by atoms with van der Waals surface area (Å²) in [6, 6.07) is 17.2. The Balaban J connectivity index is 2.21. The van der Waals surface area contributed by atoms with Gasteiger partial charge < -0.3 is 0 Å². The van der Waals surface area contributed by atoms with Crippen molar-refractivity contribution < 1.29 is 0 Å². The number of para-hydroxylation sites is 1. The lowest BCUT2D eigenvalue weighted by Gasteiger charge is -2.02. The van der Waals surface area contributed by atoms with Crippen LogP contribution in [-0.2, 0) is 0 Å². The van der Waals surface area contributed by atoms with Crippen LogP contribution in [0.3, 0.4) is 0 Å². The highest BCUT2D eigenvalue weighted by molar-refractivity contribution is 7.67. The molecule has 20 heavy (non-hydrogen) atoms. The van der Waals surface area contributed by atoms with Crippen molar-refractivity contribution in [3.63, 3.8) is 0 Å². The van der Waals surface area contributed by atoms with E-state index in [4.69, 9.17) is 17.0 Å². The van der Waals surface area contributed by atoms with E-state index in [-0.39, 0.29) is 0 Å². The number of halogens is 1. The van der Waals surface area contributed by atoms with Crippen molar-refractivity contribution in [1.29, 1.82) is 5.41 Å². The zero-order valence-electron chi connectivity index (χ0n) is 10.3. The molecule has 0 bridgehead atoms. The van der Waals surface area contributed by atoms with Crippen LogP contribution in [0.25, 0.3) is 5.69 Å². The Hall–Kier alpha value is -1.69. The summed E-state index contributed by atoms with van der Waals surface area (Å²) in [5.41, 5.74) is 1.73. The predicted molar refractivity (Wildman–Crippen MR) is 84.1 cm³/mol. The van der Waals surface area contributed by atoms with E-state index >= 15 is 0 Å². The molecule has 1 N–H and O–H groups in total. The van der Waals surface area contributed by atoms with Crippen LogP contribution in [0.15, 0.2) is 59.6 Å². The smallest absolute Gasteiger partial charge is 0.206 e. The van der Waals surface area contributed by atoms with Gasteiger partial charge in [0.25, 0.3) is 0 Å². The molecule has 1 aromatic heterocycles. The van der Waals surface area contributed by atoms with Crippen molar-refractivity contribution in [3.05, 3.63) is 69.2 Å². The van der Waals surface area contributed by atoms with Crippen LogP contribution in [0.5, 0.6) is 0 Å². The van der Waals surface area contributed by atoms with Gasteiger partial charge in [-0.2, -0.15) is 0 Å². The van der Waals surface area contributed by atoms with E-state index in [0.29, 0.717) is 9.82 Å². The van der Waals surface area contributed by atoms with Gasteiger partial charge in [-0.15, -0.1) is 0 Å². The van der Waals surface area contributed by atoms with Gasteiger partial charge >= 0.3 is 0 Å². The lowest BCUT2D eigenvalue weighted by molar-refractivity contribution is 0.928. The molecule has 0 aliphatic carbocycles. The van der Waals surface area contributed by atoms with Gasteiger partial charge in [0.2, 0.25) is 4.80 Å². The molecular formula is C14H10ClN3S2. The highest BCUT2D eigenvalue weighted by atomic mass is 35.5. The monoisotopic (exact) mass is 319 g/mol. The Kier molecular flexibility index (Phi) is 3.82. The first-order chi connectivity index (χ1) is 9.74. The summed E-state index contributed by atoms with van der Waals surface area (Å²) in [4.78, 5) is 5.81. The van der Waals surface area contributed by atoms with Gasteiger partial charge in [-0.1, -0.05) is 35.9 Å². The molecule has 0 saturated carbocycles. The fraction of sp³-hybridized carbons (Fsp3) is 0. The summed E-state index contributed by atoms with van der Waals surface area (Å²) >= 11 is 6.03. The van der Waals surface area contributed by atoms with E-state index in [1.165, 1.54) is 20.7 Å². The number of aromatic nitrogens is 1. The van der Waals surface area contributed by atoms with Crippen LogP contribution in [0.4, 0.5) is 5.69 Å². The van der Waals surface area contributed by atoms with Gasteiger partial charge in [0.1, 0.15) is 0 Å².